The van der Waals surface area contributed by atoms with Gasteiger partial charge in [0.15, 0.2) is 0 Å². The number of benzene rings is 1. The van der Waals surface area contributed by atoms with Gasteiger partial charge in [0.25, 0.3) is 0 Å². The van der Waals surface area contributed by atoms with Crippen LogP contribution in [0.1, 0.15) is 51.3 Å². The van der Waals surface area contributed by atoms with Crippen molar-refractivity contribution in [3.05, 3.63) is 35.4 Å². The number of rotatable bonds is 8. The summed E-state index contributed by atoms with van der Waals surface area (Å²) in [5.41, 5.74) is 2.28. The quantitative estimate of drug-likeness (QED) is 0.540. The van der Waals surface area contributed by atoms with Crippen molar-refractivity contribution in [1.29, 1.82) is 0 Å². The minimum Gasteiger partial charge on any atom is -0.375 e. The Morgan fingerprint density at radius 3 is 2.52 bits per heavy atom. The molecule has 0 aromatic heterocycles. The third-order valence-corrected chi connectivity index (χ3v) is 3.70. The summed E-state index contributed by atoms with van der Waals surface area (Å²) in [5.74, 6) is 0.755. The lowest BCUT2D eigenvalue weighted by Crippen LogP contribution is -2.46. The molecule has 0 radical (unpaired) electrons. The van der Waals surface area contributed by atoms with E-state index in [4.69, 9.17) is 9.29 Å². The van der Waals surface area contributed by atoms with E-state index >= 15 is 0 Å². The molecule has 0 aliphatic carbocycles. The summed E-state index contributed by atoms with van der Waals surface area (Å²) in [6, 6.07) is 8.43. The van der Waals surface area contributed by atoms with E-state index < -0.39 is 0 Å². The maximum Gasteiger partial charge on any atom is 0.0997 e. The van der Waals surface area contributed by atoms with E-state index in [0.717, 1.165) is 30.8 Å². The summed E-state index contributed by atoms with van der Waals surface area (Å²) in [6.45, 7) is 11.3. The van der Waals surface area contributed by atoms with E-state index in [2.05, 4.69) is 50.4 Å². The second-order valence-corrected chi connectivity index (χ2v) is 6.03. The number of hydrogen-bond acceptors (Lipinski definition) is 4. The van der Waals surface area contributed by atoms with Crippen molar-refractivity contribution in [2.45, 2.75) is 52.7 Å². The molecule has 0 bridgehead atoms. The highest BCUT2D eigenvalue weighted by molar-refractivity contribution is 7.93. The van der Waals surface area contributed by atoms with Gasteiger partial charge in [-0.1, -0.05) is 43.7 Å². The first kappa shape index (κ1) is 20.5. The van der Waals surface area contributed by atoms with Crippen molar-refractivity contribution in [3.63, 3.8) is 0 Å². The van der Waals surface area contributed by atoms with Crippen LogP contribution in [-0.2, 0) is 4.74 Å². The first-order valence-electron chi connectivity index (χ1n) is 7.62. The molecule has 1 aromatic rings. The molecule has 3 nitrogen and oxygen atoms in total. The zero-order valence-electron chi connectivity index (χ0n) is 14.3. The Hall–Kier alpha value is -0.550. The van der Waals surface area contributed by atoms with Gasteiger partial charge in [-0.2, -0.15) is 0 Å². The Labute approximate surface area is 134 Å². The Bertz CT molecular complexity index is 383. The van der Waals surface area contributed by atoms with Crippen LogP contribution in [-0.4, -0.2) is 29.5 Å². The third kappa shape index (κ3) is 7.32. The zero-order chi connectivity index (χ0) is 16.3. The van der Waals surface area contributed by atoms with E-state index in [-0.39, 0.29) is 11.6 Å². The molecule has 1 unspecified atom stereocenters. The van der Waals surface area contributed by atoms with Gasteiger partial charge in [0.2, 0.25) is 0 Å². The van der Waals surface area contributed by atoms with Crippen molar-refractivity contribution >= 4 is 12.0 Å². The molecular formula is C17H31NO2S. The largest absolute Gasteiger partial charge is 0.375 e. The highest BCUT2D eigenvalue weighted by Gasteiger charge is 2.30. The average molecular weight is 314 g/mol. The summed E-state index contributed by atoms with van der Waals surface area (Å²) in [7, 11) is 1.75. The van der Waals surface area contributed by atoms with Gasteiger partial charge in [-0.3, -0.25) is 0 Å². The van der Waals surface area contributed by atoms with E-state index in [9.17, 15) is 0 Å². The maximum atomic E-state index is 8.72. The van der Waals surface area contributed by atoms with Crippen LogP contribution in [0.4, 0.5) is 0 Å². The zero-order valence-corrected chi connectivity index (χ0v) is 15.1. The van der Waals surface area contributed by atoms with Crippen LogP contribution in [0.3, 0.4) is 0 Å². The Balaban J connectivity index is 0.00000191. The van der Waals surface area contributed by atoms with Gasteiger partial charge >= 0.3 is 0 Å². The Morgan fingerprint density at radius 2 is 2.00 bits per heavy atom. The molecule has 1 aromatic carbocycles. The molecule has 2 N–H and O–H groups in total. The highest BCUT2D eigenvalue weighted by atomic mass is 32.2. The molecule has 0 saturated carbocycles. The topological polar surface area (TPSA) is 41.5 Å². The molecule has 1 atom stereocenters. The van der Waals surface area contributed by atoms with E-state index in [0.29, 0.717) is 0 Å². The second-order valence-electron chi connectivity index (χ2n) is 5.37. The fourth-order valence-corrected chi connectivity index (χ4v) is 2.59. The van der Waals surface area contributed by atoms with E-state index in [1.165, 1.54) is 11.1 Å². The molecule has 0 heterocycles. The van der Waals surface area contributed by atoms with Crippen molar-refractivity contribution in [2.24, 2.45) is 0 Å². The fraction of sp³-hybridized carbons (Fsp3) is 0.647. The minimum atomic E-state index is -0.150. The predicted octanol–water partition coefficient (Wildman–Crippen LogP) is 4.67. The first-order chi connectivity index (χ1) is 10.0. The molecule has 0 saturated heterocycles. The number of methoxy groups -OCH3 is 1. The monoisotopic (exact) mass is 313 g/mol. The van der Waals surface area contributed by atoms with Gasteiger partial charge in [-0.15, -0.1) is 0 Å². The van der Waals surface area contributed by atoms with Crippen LogP contribution in [0.5, 0.6) is 0 Å². The lowest BCUT2D eigenvalue weighted by molar-refractivity contribution is 0.0314. The number of ether oxygens (including phenoxy) is 1. The molecular weight excluding hydrogens is 282 g/mol. The number of nitrogens with one attached hydrogen (secondary N) is 1. The average Bonchev–Trinajstić information content (AvgIpc) is 2.46. The van der Waals surface area contributed by atoms with Crippen molar-refractivity contribution in [3.8, 4) is 0 Å². The standard InChI is InChI=1S/C15H25NO2S.C2H6/c1-12-7-5-8-13(11-12)14(18-4)15(2,3)16-9-6-10-19-17;1-2/h5,7-8,11,14,16-17H,6,9-10H2,1-4H3;1-2H3. The van der Waals surface area contributed by atoms with Crippen LogP contribution < -0.4 is 5.32 Å². The number of aryl methyl sites for hydroxylation is 1. The van der Waals surface area contributed by atoms with Gasteiger partial charge in [0.05, 0.1) is 6.10 Å². The van der Waals surface area contributed by atoms with Crippen LogP contribution in [0.15, 0.2) is 24.3 Å². The first-order valence-corrected chi connectivity index (χ1v) is 8.56. The summed E-state index contributed by atoms with van der Waals surface area (Å²) in [4.78, 5) is 0. The molecule has 21 heavy (non-hydrogen) atoms. The van der Waals surface area contributed by atoms with Crippen LogP contribution >= 0.6 is 12.0 Å². The van der Waals surface area contributed by atoms with Crippen LogP contribution in [0, 0.1) is 6.92 Å². The van der Waals surface area contributed by atoms with Crippen molar-refractivity contribution < 1.29 is 9.29 Å². The third-order valence-electron chi connectivity index (χ3n) is 3.23. The molecule has 122 valence electrons. The van der Waals surface area contributed by atoms with Gasteiger partial charge in [-0.05, 0) is 51.3 Å². The van der Waals surface area contributed by atoms with E-state index in [1.54, 1.807) is 7.11 Å². The molecule has 0 fully saturated rings. The van der Waals surface area contributed by atoms with Gasteiger partial charge in [0, 0.05) is 18.4 Å². The highest BCUT2D eigenvalue weighted by Crippen LogP contribution is 2.29. The molecule has 4 heteroatoms. The van der Waals surface area contributed by atoms with Gasteiger partial charge < -0.3 is 14.6 Å². The summed E-state index contributed by atoms with van der Waals surface area (Å²) in [5, 5.41) is 3.51. The number of hydrogen-bond donors (Lipinski definition) is 2. The lowest BCUT2D eigenvalue weighted by Gasteiger charge is -2.35. The molecule has 0 aliphatic rings. The summed E-state index contributed by atoms with van der Waals surface area (Å²) in [6.07, 6.45) is 0.948. The molecule has 1 rings (SSSR count). The Morgan fingerprint density at radius 1 is 1.33 bits per heavy atom. The molecule has 0 amide bonds. The van der Waals surface area contributed by atoms with Crippen LogP contribution in [0.25, 0.3) is 0 Å². The summed E-state index contributed by atoms with van der Waals surface area (Å²) >= 11 is 0.893. The normalized spacial score (nSPS) is 12.5. The fourth-order valence-electron chi connectivity index (χ4n) is 2.32. The van der Waals surface area contributed by atoms with Gasteiger partial charge in [0.1, 0.15) is 0 Å². The summed E-state index contributed by atoms with van der Waals surface area (Å²) < 4.78 is 14.4. The van der Waals surface area contributed by atoms with E-state index in [1.807, 2.05) is 13.8 Å². The SMILES string of the molecule is CC.COC(c1cccc(C)c1)C(C)(C)NCCCSO. The Kier molecular flexibility index (Phi) is 10.8. The maximum absolute atomic E-state index is 8.72. The van der Waals surface area contributed by atoms with Crippen molar-refractivity contribution in [1.82, 2.24) is 5.32 Å². The predicted molar refractivity (Wildman–Crippen MR) is 94.1 cm³/mol. The van der Waals surface area contributed by atoms with Crippen LogP contribution in [0.2, 0.25) is 0 Å². The molecule has 0 aliphatic heterocycles. The minimum absolute atomic E-state index is 0.00850. The lowest BCUT2D eigenvalue weighted by atomic mass is 9.90. The van der Waals surface area contributed by atoms with Gasteiger partial charge in [-0.25, -0.2) is 0 Å². The molecule has 0 spiro atoms. The smallest absolute Gasteiger partial charge is 0.0997 e. The van der Waals surface area contributed by atoms with Crippen molar-refractivity contribution in [2.75, 3.05) is 19.4 Å². The second kappa shape index (κ2) is 11.1.